The predicted octanol–water partition coefficient (Wildman–Crippen LogP) is 1.69. The van der Waals surface area contributed by atoms with Crippen molar-refractivity contribution in [3.05, 3.63) is 23.8 Å². The van der Waals surface area contributed by atoms with Crippen molar-refractivity contribution in [3.8, 4) is 5.75 Å². The molecule has 1 atom stereocenters. The molecule has 0 aliphatic rings. The molecule has 6 nitrogen and oxygen atoms in total. The van der Waals surface area contributed by atoms with Crippen molar-refractivity contribution >= 4 is 17.6 Å². The van der Waals surface area contributed by atoms with Gasteiger partial charge in [-0.1, -0.05) is 13.0 Å². The fourth-order valence-corrected chi connectivity index (χ4v) is 1.52. The quantitative estimate of drug-likeness (QED) is 0.601. The summed E-state index contributed by atoms with van der Waals surface area (Å²) in [5.74, 6) is -1.72. The van der Waals surface area contributed by atoms with Crippen molar-refractivity contribution in [1.29, 1.82) is 0 Å². The fourth-order valence-electron chi connectivity index (χ4n) is 1.52. The van der Waals surface area contributed by atoms with E-state index in [0.29, 0.717) is 12.3 Å². The maximum atomic E-state index is 11.9. The summed E-state index contributed by atoms with van der Waals surface area (Å²) in [6.45, 7) is 3.72. The molecule has 0 amide bonds. The second-order valence-corrected chi connectivity index (χ2v) is 3.80. The molecule has 6 heteroatoms. The van der Waals surface area contributed by atoms with E-state index >= 15 is 0 Å². The summed E-state index contributed by atoms with van der Waals surface area (Å²) in [5, 5.41) is 8.86. The molecule has 1 aromatic carbocycles. The number of para-hydroxylation sites is 1. The number of hydrogen-bond donors (Lipinski definition) is 2. The molecule has 1 aromatic rings. The van der Waals surface area contributed by atoms with Gasteiger partial charge in [-0.25, -0.2) is 9.59 Å². The van der Waals surface area contributed by atoms with Crippen molar-refractivity contribution in [2.75, 3.05) is 12.3 Å². The Kier molecular flexibility index (Phi) is 5.17. The van der Waals surface area contributed by atoms with E-state index in [0.717, 1.165) is 0 Å². The number of carbonyl (C=O) groups excluding carboxylic acids is 1. The molecule has 0 spiro atoms. The van der Waals surface area contributed by atoms with Crippen LogP contribution in [0.4, 0.5) is 5.69 Å². The highest BCUT2D eigenvalue weighted by Gasteiger charge is 2.23. The molecule has 0 saturated heterocycles. The maximum absolute atomic E-state index is 11.9. The van der Waals surface area contributed by atoms with Crippen LogP contribution in [0.3, 0.4) is 0 Å². The van der Waals surface area contributed by atoms with Gasteiger partial charge in [0.05, 0.1) is 12.3 Å². The number of rotatable bonds is 6. The third-order valence-corrected chi connectivity index (χ3v) is 2.45. The number of aliphatic carboxylic acids is 1. The van der Waals surface area contributed by atoms with Gasteiger partial charge in [0.25, 0.3) is 0 Å². The number of anilines is 1. The first-order valence-electron chi connectivity index (χ1n) is 5.96. The van der Waals surface area contributed by atoms with Crippen LogP contribution in [0.1, 0.15) is 30.6 Å². The number of ether oxygens (including phenoxy) is 2. The zero-order chi connectivity index (χ0) is 14.4. The molecule has 0 bridgehead atoms. The van der Waals surface area contributed by atoms with Gasteiger partial charge in [-0.2, -0.15) is 0 Å². The molecule has 0 aliphatic heterocycles. The average Bonchev–Trinajstić information content (AvgIpc) is 2.37. The number of carbonyl (C=O) groups is 2. The molecule has 1 unspecified atom stereocenters. The Bertz CT molecular complexity index is 472. The normalized spacial score (nSPS) is 11.7. The molecular formula is C13H17NO5. The lowest BCUT2D eigenvalue weighted by molar-refractivity contribution is -0.147. The second kappa shape index (κ2) is 6.63. The number of nitrogen functional groups attached to an aromatic ring is 1. The van der Waals surface area contributed by atoms with Crippen LogP contribution < -0.4 is 10.5 Å². The lowest BCUT2D eigenvalue weighted by atomic mass is 10.1. The van der Waals surface area contributed by atoms with Gasteiger partial charge >= 0.3 is 11.9 Å². The van der Waals surface area contributed by atoms with Gasteiger partial charge in [-0.3, -0.25) is 0 Å². The highest BCUT2D eigenvalue weighted by atomic mass is 16.6. The smallest absolute Gasteiger partial charge is 0.345 e. The van der Waals surface area contributed by atoms with E-state index in [2.05, 4.69) is 0 Å². The number of hydrogen-bond acceptors (Lipinski definition) is 5. The topological polar surface area (TPSA) is 98.9 Å². The molecule has 0 aromatic heterocycles. The van der Waals surface area contributed by atoms with E-state index in [4.69, 9.17) is 20.3 Å². The first kappa shape index (κ1) is 14.8. The summed E-state index contributed by atoms with van der Waals surface area (Å²) in [7, 11) is 0. The molecule has 1 rings (SSSR count). The Labute approximate surface area is 111 Å². The van der Waals surface area contributed by atoms with E-state index < -0.39 is 18.0 Å². The third kappa shape index (κ3) is 3.61. The van der Waals surface area contributed by atoms with E-state index in [1.807, 2.05) is 0 Å². The largest absolute Gasteiger partial charge is 0.491 e. The fraction of sp³-hybridized carbons (Fsp3) is 0.385. The van der Waals surface area contributed by atoms with Crippen LogP contribution in [0, 0.1) is 0 Å². The minimum absolute atomic E-state index is 0.126. The van der Waals surface area contributed by atoms with E-state index in [-0.39, 0.29) is 17.7 Å². The monoisotopic (exact) mass is 267 g/mol. The first-order valence-corrected chi connectivity index (χ1v) is 5.96. The number of carboxylic acids is 1. The maximum Gasteiger partial charge on any atom is 0.345 e. The van der Waals surface area contributed by atoms with Crippen LogP contribution in [0.5, 0.6) is 5.75 Å². The van der Waals surface area contributed by atoms with Gasteiger partial charge < -0.3 is 20.3 Å². The van der Waals surface area contributed by atoms with Gasteiger partial charge in [0.2, 0.25) is 0 Å². The summed E-state index contributed by atoms with van der Waals surface area (Å²) in [6, 6.07) is 4.66. The molecule has 0 aliphatic carbocycles. The minimum atomic E-state index is -1.18. The zero-order valence-corrected chi connectivity index (χ0v) is 10.9. The molecule has 0 heterocycles. The first-order chi connectivity index (χ1) is 9.01. The Balaban J connectivity index is 2.99. The van der Waals surface area contributed by atoms with Crippen LogP contribution in [-0.2, 0) is 9.53 Å². The highest BCUT2D eigenvalue weighted by molar-refractivity contribution is 5.95. The zero-order valence-electron chi connectivity index (χ0n) is 10.9. The van der Waals surface area contributed by atoms with Gasteiger partial charge in [-0.15, -0.1) is 0 Å². The van der Waals surface area contributed by atoms with E-state index in [9.17, 15) is 9.59 Å². The molecule has 0 saturated carbocycles. The summed E-state index contributed by atoms with van der Waals surface area (Å²) in [5.41, 5.74) is 6.15. The number of benzene rings is 1. The van der Waals surface area contributed by atoms with Gasteiger partial charge in [-0.05, 0) is 25.5 Å². The standard InChI is InChI=1S/C13H17NO5/c1-3-10(12(15)16)19-13(17)8-6-5-7-9(14)11(8)18-4-2/h5-7,10H,3-4,14H2,1-2H3,(H,15,16). The van der Waals surface area contributed by atoms with E-state index in [1.54, 1.807) is 26.0 Å². The van der Waals surface area contributed by atoms with Gasteiger partial charge in [0.1, 0.15) is 5.56 Å². The van der Waals surface area contributed by atoms with Crippen molar-refractivity contribution < 1.29 is 24.2 Å². The third-order valence-electron chi connectivity index (χ3n) is 2.45. The van der Waals surface area contributed by atoms with E-state index in [1.165, 1.54) is 6.07 Å². The summed E-state index contributed by atoms with van der Waals surface area (Å²) >= 11 is 0. The number of carboxylic acid groups (broad SMARTS) is 1. The van der Waals surface area contributed by atoms with Gasteiger partial charge in [0.15, 0.2) is 11.9 Å². The lowest BCUT2D eigenvalue weighted by Crippen LogP contribution is -2.26. The van der Waals surface area contributed by atoms with Crippen LogP contribution in [0.2, 0.25) is 0 Å². The SMILES string of the molecule is CCOc1c(N)cccc1C(=O)OC(CC)C(=O)O. The molecule has 0 radical (unpaired) electrons. The molecule has 104 valence electrons. The molecule has 3 N–H and O–H groups in total. The van der Waals surface area contributed by atoms with Crippen LogP contribution >= 0.6 is 0 Å². The summed E-state index contributed by atoms with van der Waals surface area (Å²) in [4.78, 5) is 22.8. The predicted molar refractivity (Wildman–Crippen MR) is 69.2 cm³/mol. The van der Waals surface area contributed by atoms with Crippen molar-refractivity contribution in [2.45, 2.75) is 26.4 Å². The Hall–Kier alpha value is -2.24. The Morgan fingerprint density at radius 3 is 2.58 bits per heavy atom. The summed E-state index contributed by atoms with van der Waals surface area (Å²) < 4.78 is 10.2. The van der Waals surface area contributed by atoms with Gasteiger partial charge in [0, 0.05) is 0 Å². The molecule has 0 fully saturated rings. The number of esters is 1. The van der Waals surface area contributed by atoms with Crippen LogP contribution in [0.15, 0.2) is 18.2 Å². The minimum Gasteiger partial charge on any atom is -0.491 e. The van der Waals surface area contributed by atoms with Crippen molar-refractivity contribution in [2.24, 2.45) is 0 Å². The average molecular weight is 267 g/mol. The number of nitrogens with two attached hydrogens (primary N) is 1. The Morgan fingerprint density at radius 1 is 1.37 bits per heavy atom. The summed E-state index contributed by atoms with van der Waals surface area (Å²) in [6.07, 6.45) is -0.990. The lowest BCUT2D eigenvalue weighted by Gasteiger charge is -2.15. The Morgan fingerprint density at radius 2 is 2.05 bits per heavy atom. The van der Waals surface area contributed by atoms with Crippen molar-refractivity contribution in [3.63, 3.8) is 0 Å². The second-order valence-electron chi connectivity index (χ2n) is 3.80. The van der Waals surface area contributed by atoms with Crippen LogP contribution in [0.25, 0.3) is 0 Å². The highest BCUT2D eigenvalue weighted by Crippen LogP contribution is 2.27. The molecule has 19 heavy (non-hydrogen) atoms. The molecular weight excluding hydrogens is 250 g/mol. The van der Waals surface area contributed by atoms with Crippen LogP contribution in [-0.4, -0.2) is 29.8 Å². The van der Waals surface area contributed by atoms with Crippen molar-refractivity contribution in [1.82, 2.24) is 0 Å².